The van der Waals surface area contributed by atoms with Crippen LogP contribution in [0.2, 0.25) is 0 Å². The molecule has 0 amide bonds. The molecule has 0 N–H and O–H groups in total. The standard InChI is InChI=1S/C48H31NO2/c1-4-10-30(11-5-1)32-16-22-43-39(26-32)40-27-34(17-23-44(40)49(43)36-14-8-3-9-15-36)35-19-25-46-42(29-35)38-21-20-37-41-28-33(31-12-6-2-7-13-31)18-24-45(41)50-47(37)48(38)51-46/h1-14,16-29,36H,15H2. The summed E-state index contributed by atoms with van der Waals surface area (Å²) >= 11 is 0. The van der Waals surface area contributed by atoms with Crippen molar-refractivity contribution in [3.05, 3.63) is 170 Å². The fourth-order valence-corrected chi connectivity index (χ4v) is 8.22. The van der Waals surface area contributed by atoms with Crippen LogP contribution in [-0.4, -0.2) is 4.57 Å². The Morgan fingerprint density at radius 3 is 1.37 bits per heavy atom. The topological polar surface area (TPSA) is 31.2 Å². The zero-order valence-corrected chi connectivity index (χ0v) is 27.7. The molecule has 3 heteroatoms. The van der Waals surface area contributed by atoms with E-state index in [1.54, 1.807) is 0 Å². The van der Waals surface area contributed by atoms with Gasteiger partial charge in [0.05, 0.1) is 6.04 Å². The summed E-state index contributed by atoms with van der Waals surface area (Å²) in [5.74, 6) is 0. The number of hydrogen-bond acceptors (Lipinski definition) is 2. The third-order valence-corrected chi connectivity index (χ3v) is 10.7. The number of aromatic nitrogens is 1. The molecular formula is C48H31NO2. The lowest BCUT2D eigenvalue weighted by Gasteiger charge is -2.18. The second kappa shape index (κ2) is 11.0. The fourth-order valence-electron chi connectivity index (χ4n) is 8.22. The lowest BCUT2D eigenvalue weighted by Crippen LogP contribution is -2.06. The molecule has 3 heterocycles. The van der Waals surface area contributed by atoms with Gasteiger partial charge in [0.1, 0.15) is 11.2 Å². The van der Waals surface area contributed by atoms with Gasteiger partial charge in [-0.05, 0) is 100 Å². The molecule has 11 rings (SSSR count). The molecule has 0 bridgehead atoms. The summed E-state index contributed by atoms with van der Waals surface area (Å²) in [6.07, 6.45) is 9.88. The van der Waals surface area contributed by atoms with Crippen LogP contribution in [0.3, 0.4) is 0 Å². The van der Waals surface area contributed by atoms with Gasteiger partial charge in [0.25, 0.3) is 0 Å². The Morgan fingerprint density at radius 2 is 0.882 bits per heavy atom. The first-order valence-corrected chi connectivity index (χ1v) is 17.6. The van der Waals surface area contributed by atoms with Gasteiger partial charge in [-0.2, -0.15) is 0 Å². The number of allylic oxidation sites excluding steroid dienone is 4. The quantitative estimate of drug-likeness (QED) is 0.189. The van der Waals surface area contributed by atoms with Gasteiger partial charge in [-0.1, -0.05) is 109 Å². The third kappa shape index (κ3) is 4.38. The van der Waals surface area contributed by atoms with Crippen molar-refractivity contribution in [3.8, 4) is 33.4 Å². The number of fused-ring (bicyclic) bond motifs is 10. The molecule has 1 aliphatic carbocycles. The van der Waals surface area contributed by atoms with Crippen LogP contribution >= 0.6 is 0 Å². The summed E-state index contributed by atoms with van der Waals surface area (Å²) in [5.41, 5.74) is 13.0. The smallest absolute Gasteiger partial charge is 0.178 e. The molecule has 240 valence electrons. The fraction of sp³-hybridized carbons (Fsp3) is 0.0417. The largest absolute Gasteiger partial charge is 0.452 e. The molecule has 0 saturated carbocycles. The van der Waals surface area contributed by atoms with Crippen molar-refractivity contribution in [2.24, 2.45) is 0 Å². The van der Waals surface area contributed by atoms with Gasteiger partial charge in [0, 0.05) is 43.4 Å². The Bertz CT molecular complexity index is 3040. The van der Waals surface area contributed by atoms with E-state index in [-0.39, 0.29) is 6.04 Å². The average Bonchev–Trinajstić information content (AvgIpc) is 3.87. The van der Waals surface area contributed by atoms with Crippen molar-refractivity contribution < 1.29 is 8.83 Å². The summed E-state index contributed by atoms with van der Waals surface area (Å²) < 4.78 is 15.5. The molecule has 3 nitrogen and oxygen atoms in total. The van der Waals surface area contributed by atoms with Crippen molar-refractivity contribution in [2.45, 2.75) is 12.5 Å². The van der Waals surface area contributed by atoms with Gasteiger partial charge in [0.15, 0.2) is 11.2 Å². The normalized spacial score (nSPS) is 14.6. The van der Waals surface area contributed by atoms with Gasteiger partial charge in [0.2, 0.25) is 0 Å². The molecule has 0 radical (unpaired) electrons. The van der Waals surface area contributed by atoms with Gasteiger partial charge < -0.3 is 13.4 Å². The number of furan rings is 2. The van der Waals surface area contributed by atoms with Crippen LogP contribution in [0.1, 0.15) is 12.5 Å². The summed E-state index contributed by atoms with van der Waals surface area (Å²) in [4.78, 5) is 0. The Hall–Kier alpha value is -6.58. The molecule has 10 aromatic rings. The van der Waals surface area contributed by atoms with E-state index in [4.69, 9.17) is 8.83 Å². The zero-order chi connectivity index (χ0) is 33.5. The van der Waals surface area contributed by atoms with Crippen LogP contribution in [0.4, 0.5) is 0 Å². The van der Waals surface area contributed by atoms with E-state index in [1.165, 1.54) is 49.6 Å². The predicted molar refractivity (Wildman–Crippen MR) is 212 cm³/mol. The Balaban J connectivity index is 1.06. The number of benzene rings is 7. The summed E-state index contributed by atoms with van der Waals surface area (Å²) in [6.45, 7) is 0. The maximum absolute atomic E-state index is 6.55. The monoisotopic (exact) mass is 653 g/mol. The minimum Gasteiger partial charge on any atom is -0.452 e. The zero-order valence-electron chi connectivity index (χ0n) is 27.7. The average molecular weight is 654 g/mol. The highest BCUT2D eigenvalue weighted by Gasteiger charge is 2.20. The van der Waals surface area contributed by atoms with Crippen molar-refractivity contribution in [3.63, 3.8) is 0 Å². The molecule has 0 fully saturated rings. The molecule has 51 heavy (non-hydrogen) atoms. The summed E-state index contributed by atoms with van der Waals surface area (Å²) in [5, 5.41) is 6.84. The van der Waals surface area contributed by atoms with Crippen molar-refractivity contribution >= 4 is 65.7 Å². The molecule has 0 spiro atoms. The van der Waals surface area contributed by atoms with Crippen LogP contribution in [0, 0.1) is 0 Å². The minimum atomic E-state index is 0.275. The van der Waals surface area contributed by atoms with E-state index in [0.717, 1.165) is 55.9 Å². The van der Waals surface area contributed by atoms with Crippen LogP contribution in [-0.2, 0) is 0 Å². The van der Waals surface area contributed by atoms with Gasteiger partial charge >= 0.3 is 0 Å². The predicted octanol–water partition coefficient (Wildman–Crippen LogP) is 13.7. The third-order valence-electron chi connectivity index (χ3n) is 10.7. The maximum atomic E-state index is 6.55. The van der Waals surface area contributed by atoms with E-state index in [9.17, 15) is 0 Å². The Labute approximate surface area is 294 Å². The molecule has 0 aliphatic heterocycles. The first kappa shape index (κ1) is 28.3. The molecule has 1 atom stereocenters. The molecule has 3 aromatic heterocycles. The van der Waals surface area contributed by atoms with Crippen molar-refractivity contribution in [1.82, 2.24) is 4.57 Å². The van der Waals surface area contributed by atoms with Crippen molar-refractivity contribution in [1.29, 1.82) is 0 Å². The molecule has 0 saturated heterocycles. The highest BCUT2D eigenvalue weighted by Crippen LogP contribution is 2.42. The van der Waals surface area contributed by atoms with Crippen LogP contribution in [0.5, 0.6) is 0 Å². The van der Waals surface area contributed by atoms with E-state index < -0.39 is 0 Å². The van der Waals surface area contributed by atoms with E-state index >= 15 is 0 Å². The van der Waals surface area contributed by atoms with Crippen LogP contribution < -0.4 is 0 Å². The van der Waals surface area contributed by atoms with Gasteiger partial charge in [-0.15, -0.1) is 0 Å². The molecule has 1 aliphatic rings. The van der Waals surface area contributed by atoms with Crippen molar-refractivity contribution in [2.75, 3.05) is 0 Å². The van der Waals surface area contributed by atoms with E-state index in [0.29, 0.717) is 0 Å². The Kier molecular flexibility index (Phi) is 6.08. The van der Waals surface area contributed by atoms with Gasteiger partial charge in [-0.25, -0.2) is 0 Å². The highest BCUT2D eigenvalue weighted by atomic mass is 16.4. The second-order valence-corrected chi connectivity index (χ2v) is 13.6. The Morgan fingerprint density at radius 1 is 0.412 bits per heavy atom. The number of hydrogen-bond donors (Lipinski definition) is 0. The SMILES string of the molecule is C1=CCC(n2c3ccc(-c4ccccc4)cc3c3cc(-c4ccc5oc6c(ccc7c8cc(-c9ccccc9)ccc8oc76)c5c4)ccc32)C=C1. The first-order valence-electron chi connectivity index (χ1n) is 17.6. The molecular weight excluding hydrogens is 623 g/mol. The first-order chi connectivity index (χ1) is 25.3. The van der Waals surface area contributed by atoms with E-state index in [2.05, 4.69) is 168 Å². The lowest BCUT2D eigenvalue weighted by atomic mass is 9.99. The van der Waals surface area contributed by atoms with Crippen LogP contribution in [0.15, 0.2) is 179 Å². The van der Waals surface area contributed by atoms with E-state index in [1.807, 2.05) is 6.07 Å². The molecule has 1 unspecified atom stereocenters. The number of rotatable bonds is 4. The summed E-state index contributed by atoms with van der Waals surface area (Å²) in [7, 11) is 0. The molecule has 7 aromatic carbocycles. The highest BCUT2D eigenvalue weighted by molar-refractivity contribution is 6.19. The second-order valence-electron chi connectivity index (χ2n) is 13.6. The minimum absolute atomic E-state index is 0.275. The van der Waals surface area contributed by atoms with Gasteiger partial charge in [-0.3, -0.25) is 0 Å². The number of nitrogens with zero attached hydrogens (tertiary/aromatic N) is 1. The lowest BCUT2D eigenvalue weighted by molar-refractivity contribution is 0.633. The van der Waals surface area contributed by atoms with Crippen LogP contribution in [0.25, 0.3) is 99.1 Å². The maximum Gasteiger partial charge on any atom is 0.178 e. The summed E-state index contributed by atoms with van der Waals surface area (Å²) in [6, 6.07) is 52.6.